The van der Waals surface area contributed by atoms with E-state index in [9.17, 15) is 0 Å². The number of hydrogen-bond acceptors (Lipinski definition) is 1. The van der Waals surface area contributed by atoms with E-state index in [2.05, 4.69) is 0 Å². The molecule has 0 amide bonds. The van der Waals surface area contributed by atoms with Crippen LogP contribution in [0.25, 0.3) is 0 Å². The number of fused-ring (bicyclic) bond motifs is 1. The third-order valence-corrected chi connectivity index (χ3v) is 2.41. The molecular formula is C13H30O. The van der Waals surface area contributed by atoms with Gasteiger partial charge in [-0.3, -0.25) is 0 Å². The van der Waals surface area contributed by atoms with Crippen LogP contribution in [0.1, 0.15) is 67.2 Å². The molecule has 1 aliphatic carbocycles. The van der Waals surface area contributed by atoms with Gasteiger partial charge in [-0.1, -0.05) is 48.0 Å². The summed E-state index contributed by atoms with van der Waals surface area (Å²) < 4.78 is 5.48. The van der Waals surface area contributed by atoms with Gasteiger partial charge in [0.15, 0.2) is 0 Å². The van der Waals surface area contributed by atoms with Gasteiger partial charge < -0.3 is 4.74 Å². The number of hydrogen-bond donors (Lipinski definition) is 0. The molecule has 1 saturated carbocycles. The van der Waals surface area contributed by atoms with Crippen molar-refractivity contribution < 1.29 is 4.74 Å². The molecule has 0 spiro atoms. The SMILES string of the molecule is C1CC2CCOC2C1.CC.CC.CC. The van der Waals surface area contributed by atoms with Crippen molar-refractivity contribution in [2.45, 2.75) is 73.3 Å². The van der Waals surface area contributed by atoms with E-state index in [0.29, 0.717) is 6.10 Å². The standard InChI is InChI=1S/C7H12O.3C2H6/c1-2-6-4-5-8-7(6)3-1;3*1-2/h6-7H,1-5H2;3*1-2H3. The van der Waals surface area contributed by atoms with Gasteiger partial charge in [0.1, 0.15) is 0 Å². The lowest BCUT2D eigenvalue weighted by Crippen LogP contribution is -2.06. The van der Waals surface area contributed by atoms with Crippen LogP contribution in [-0.4, -0.2) is 12.7 Å². The fraction of sp³-hybridized carbons (Fsp3) is 1.00. The Morgan fingerprint density at radius 3 is 1.86 bits per heavy atom. The van der Waals surface area contributed by atoms with Crippen LogP contribution < -0.4 is 0 Å². The van der Waals surface area contributed by atoms with Crippen molar-refractivity contribution in [3.05, 3.63) is 0 Å². The highest BCUT2D eigenvalue weighted by Gasteiger charge is 2.31. The van der Waals surface area contributed by atoms with Gasteiger partial charge in [-0.15, -0.1) is 0 Å². The average molecular weight is 202 g/mol. The lowest BCUT2D eigenvalue weighted by molar-refractivity contribution is 0.103. The maximum Gasteiger partial charge on any atom is 0.0604 e. The van der Waals surface area contributed by atoms with Crippen LogP contribution in [0.15, 0.2) is 0 Å². The second-order valence-electron chi connectivity index (χ2n) is 2.89. The molecule has 2 fully saturated rings. The van der Waals surface area contributed by atoms with Gasteiger partial charge in [-0.2, -0.15) is 0 Å². The Labute approximate surface area is 91.2 Å². The highest BCUT2D eigenvalue weighted by molar-refractivity contribution is 4.81. The lowest BCUT2D eigenvalue weighted by Gasteiger charge is -2.04. The van der Waals surface area contributed by atoms with Gasteiger partial charge in [0.05, 0.1) is 6.10 Å². The third kappa shape index (κ3) is 5.64. The zero-order chi connectivity index (χ0) is 11.4. The second-order valence-corrected chi connectivity index (χ2v) is 2.89. The minimum Gasteiger partial charge on any atom is -0.378 e. The van der Waals surface area contributed by atoms with Gasteiger partial charge in [-0.05, 0) is 25.2 Å². The second kappa shape index (κ2) is 13.0. The summed E-state index contributed by atoms with van der Waals surface area (Å²) in [6.07, 6.45) is 6.20. The Balaban J connectivity index is 0. The van der Waals surface area contributed by atoms with Gasteiger partial charge in [0, 0.05) is 6.61 Å². The van der Waals surface area contributed by atoms with E-state index in [1.807, 2.05) is 41.5 Å². The van der Waals surface area contributed by atoms with Crippen LogP contribution in [0, 0.1) is 5.92 Å². The topological polar surface area (TPSA) is 9.23 Å². The highest BCUT2D eigenvalue weighted by atomic mass is 16.5. The van der Waals surface area contributed by atoms with Crippen molar-refractivity contribution in [3.8, 4) is 0 Å². The van der Waals surface area contributed by atoms with Gasteiger partial charge in [0.2, 0.25) is 0 Å². The summed E-state index contributed by atoms with van der Waals surface area (Å²) in [5.74, 6) is 0.954. The van der Waals surface area contributed by atoms with Gasteiger partial charge in [0.25, 0.3) is 0 Å². The molecular weight excluding hydrogens is 172 g/mol. The van der Waals surface area contributed by atoms with Crippen molar-refractivity contribution in [2.75, 3.05) is 6.61 Å². The van der Waals surface area contributed by atoms with Crippen molar-refractivity contribution in [2.24, 2.45) is 5.92 Å². The van der Waals surface area contributed by atoms with Gasteiger partial charge in [-0.25, -0.2) is 0 Å². The third-order valence-electron chi connectivity index (χ3n) is 2.41. The molecule has 1 aliphatic heterocycles. The van der Waals surface area contributed by atoms with Crippen molar-refractivity contribution >= 4 is 0 Å². The minimum atomic E-state index is 0.676. The Bertz CT molecular complexity index is 71.2. The predicted octanol–water partition coefficient (Wildman–Crippen LogP) is 4.65. The Morgan fingerprint density at radius 2 is 1.36 bits per heavy atom. The maximum absolute atomic E-state index is 5.48. The van der Waals surface area contributed by atoms with Crippen LogP contribution in [-0.2, 0) is 4.74 Å². The molecule has 0 aromatic heterocycles. The van der Waals surface area contributed by atoms with E-state index < -0.39 is 0 Å². The molecule has 14 heavy (non-hydrogen) atoms. The summed E-state index contributed by atoms with van der Waals surface area (Å²) in [5, 5.41) is 0. The zero-order valence-corrected chi connectivity index (χ0v) is 11.1. The van der Waals surface area contributed by atoms with Crippen LogP contribution in [0.5, 0.6) is 0 Å². The molecule has 0 aromatic rings. The molecule has 0 bridgehead atoms. The summed E-state index contributed by atoms with van der Waals surface area (Å²) >= 11 is 0. The number of rotatable bonds is 0. The molecule has 2 atom stereocenters. The lowest BCUT2D eigenvalue weighted by atomic mass is 10.1. The summed E-state index contributed by atoms with van der Waals surface area (Å²) in [6, 6.07) is 0. The Hall–Kier alpha value is -0.0400. The fourth-order valence-electron chi connectivity index (χ4n) is 1.92. The van der Waals surface area contributed by atoms with E-state index in [4.69, 9.17) is 4.74 Å². The Kier molecular flexibility index (Phi) is 15.2. The summed E-state index contributed by atoms with van der Waals surface area (Å²) in [7, 11) is 0. The molecule has 1 nitrogen and oxygen atoms in total. The minimum absolute atomic E-state index is 0.676. The van der Waals surface area contributed by atoms with Crippen LogP contribution in [0.2, 0.25) is 0 Å². The first-order chi connectivity index (χ1) is 6.97. The molecule has 0 radical (unpaired) electrons. The monoisotopic (exact) mass is 202 g/mol. The van der Waals surface area contributed by atoms with Crippen molar-refractivity contribution in [3.63, 3.8) is 0 Å². The van der Waals surface area contributed by atoms with E-state index in [1.54, 1.807) is 0 Å². The van der Waals surface area contributed by atoms with Crippen LogP contribution in [0.4, 0.5) is 0 Å². The van der Waals surface area contributed by atoms with E-state index in [-0.39, 0.29) is 0 Å². The Morgan fingerprint density at radius 1 is 0.786 bits per heavy atom. The molecule has 1 heterocycles. The van der Waals surface area contributed by atoms with Crippen molar-refractivity contribution in [1.29, 1.82) is 0 Å². The first kappa shape index (κ1) is 16.4. The van der Waals surface area contributed by atoms with E-state index in [0.717, 1.165) is 12.5 Å². The number of ether oxygens (including phenoxy) is 1. The maximum atomic E-state index is 5.48. The highest BCUT2D eigenvalue weighted by Crippen LogP contribution is 2.35. The van der Waals surface area contributed by atoms with Crippen LogP contribution >= 0.6 is 0 Å². The zero-order valence-electron chi connectivity index (χ0n) is 11.1. The molecule has 88 valence electrons. The predicted molar refractivity (Wildman–Crippen MR) is 65.7 cm³/mol. The fourth-order valence-corrected chi connectivity index (χ4v) is 1.92. The first-order valence-electron chi connectivity index (χ1n) is 6.58. The molecule has 2 rings (SSSR count). The van der Waals surface area contributed by atoms with Crippen molar-refractivity contribution in [1.82, 2.24) is 0 Å². The van der Waals surface area contributed by atoms with Gasteiger partial charge >= 0.3 is 0 Å². The molecule has 1 saturated heterocycles. The molecule has 0 N–H and O–H groups in total. The van der Waals surface area contributed by atoms with E-state index >= 15 is 0 Å². The molecule has 2 aliphatic rings. The quantitative estimate of drug-likeness (QED) is 0.555. The molecule has 2 unspecified atom stereocenters. The average Bonchev–Trinajstić information content (AvgIpc) is 2.89. The smallest absolute Gasteiger partial charge is 0.0604 e. The largest absolute Gasteiger partial charge is 0.378 e. The molecule has 0 aromatic carbocycles. The normalized spacial score (nSPS) is 27.0. The summed E-state index contributed by atoms with van der Waals surface area (Å²) in [6.45, 7) is 13.0. The first-order valence-corrected chi connectivity index (χ1v) is 6.58. The molecule has 1 heteroatoms. The summed E-state index contributed by atoms with van der Waals surface area (Å²) in [4.78, 5) is 0. The van der Waals surface area contributed by atoms with Crippen LogP contribution in [0.3, 0.4) is 0 Å². The van der Waals surface area contributed by atoms with E-state index in [1.165, 1.54) is 25.7 Å². The summed E-state index contributed by atoms with van der Waals surface area (Å²) in [5.41, 5.74) is 0.